The molecule has 8 heteroatoms. The van der Waals surface area contributed by atoms with Gasteiger partial charge in [0, 0.05) is 15.6 Å². The number of halogens is 2. The van der Waals surface area contributed by atoms with E-state index < -0.39 is 0 Å². The number of ether oxygens (including phenoxy) is 2. The molecule has 0 fully saturated rings. The number of aromatic nitrogens is 2. The quantitative estimate of drug-likeness (QED) is 0.300. The van der Waals surface area contributed by atoms with E-state index in [1.165, 1.54) is 11.3 Å². The van der Waals surface area contributed by atoms with E-state index in [-0.39, 0.29) is 12.2 Å². The molecule has 0 radical (unpaired) electrons. The smallest absolute Gasteiger partial charge is 0.274 e. The van der Waals surface area contributed by atoms with Crippen molar-refractivity contribution in [3.05, 3.63) is 96.7 Å². The largest absolute Gasteiger partial charge is 0.490 e. The van der Waals surface area contributed by atoms with E-state index in [4.69, 9.17) is 32.7 Å². The molecule has 0 aliphatic carbocycles. The minimum Gasteiger partial charge on any atom is -0.490 e. The van der Waals surface area contributed by atoms with Crippen LogP contribution in [-0.4, -0.2) is 16.0 Å². The third-order valence-electron chi connectivity index (χ3n) is 5.11. The third kappa shape index (κ3) is 4.29. The summed E-state index contributed by atoms with van der Waals surface area (Å²) < 4.78 is 14.0. The number of nitrogens with zero attached hydrogens (tertiary/aromatic N) is 2. The number of hydrogen-bond donors (Lipinski definition) is 0. The lowest BCUT2D eigenvalue weighted by Gasteiger charge is -2.13. The zero-order chi connectivity index (χ0) is 22.9. The Labute approximate surface area is 203 Å². The van der Waals surface area contributed by atoms with Crippen molar-refractivity contribution in [1.29, 1.82) is 0 Å². The molecule has 3 aromatic carbocycles. The van der Waals surface area contributed by atoms with Crippen LogP contribution in [0.2, 0.25) is 10.0 Å². The highest BCUT2D eigenvalue weighted by molar-refractivity contribution is 7.15. The highest BCUT2D eigenvalue weighted by Gasteiger charge is 2.12. The summed E-state index contributed by atoms with van der Waals surface area (Å²) in [5.41, 5.74) is 3.20. The molecule has 33 heavy (non-hydrogen) atoms. The van der Waals surface area contributed by atoms with Crippen molar-refractivity contribution < 1.29 is 9.47 Å². The van der Waals surface area contributed by atoms with Crippen LogP contribution in [0.3, 0.4) is 0 Å². The third-order valence-corrected chi connectivity index (χ3v) is 6.66. The van der Waals surface area contributed by atoms with E-state index in [2.05, 4.69) is 4.98 Å². The van der Waals surface area contributed by atoms with Crippen LogP contribution in [0, 0.1) is 0 Å². The Hall–Kier alpha value is -3.06. The zero-order valence-corrected chi connectivity index (χ0v) is 19.9. The number of benzene rings is 3. The number of fused-ring (bicyclic) bond motifs is 3. The van der Waals surface area contributed by atoms with E-state index in [0.717, 1.165) is 22.2 Å². The van der Waals surface area contributed by atoms with Gasteiger partial charge in [0.15, 0.2) is 16.5 Å². The first kappa shape index (κ1) is 21.8. The lowest BCUT2D eigenvalue weighted by atomic mass is 10.2. The molecule has 2 heterocycles. The molecule has 5 aromatic rings. The molecule has 0 bridgehead atoms. The summed E-state index contributed by atoms with van der Waals surface area (Å²) in [5.74, 6) is 1.19. The minimum absolute atomic E-state index is 0.0839. The van der Waals surface area contributed by atoms with Crippen molar-refractivity contribution in [3.63, 3.8) is 0 Å². The predicted molar refractivity (Wildman–Crippen MR) is 134 cm³/mol. The molecule has 0 saturated carbocycles. The van der Waals surface area contributed by atoms with Crippen LogP contribution in [0.5, 0.6) is 11.5 Å². The van der Waals surface area contributed by atoms with Crippen LogP contribution in [0.4, 0.5) is 0 Å². The SMILES string of the molecule is CCOc1cc(C=c2sc3nc4ccccc4n3c2=O)ccc1OCc1ccc(Cl)cc1Cl. The molecule has 0 unspecified atom stereocenters. The normalized spacial score (nSPS) is 12.0. The molecule has 0 atom stereocenters. The first-order valence-corrected chi connectivity index (χ1v) is 11.9. The van der Waals surface area contributed by atoms with Crippen LogP contribution >= 0.6 is 34.5 Å². The lowest BCUT2D eigenvalue weighted by Crippen LogP contribution is -2.22. The lowest BCUT2D eigenvalue weighted by molar-refractivity contribution is 0.269. The fraction of sp³-hybridized carbons (Fsp3) is 0.120. The van der Waals surface area contributed by atoms with Gasteiger partial charge in [0.2, 0.25) is 0 Å². The van der Waals surface area contributed by atoms with Gasteiger partial charge >= 0.3 is 0 Å². The molecule has 0 amide bonds. The van der Waals surface area contributed by atoms with E-state index >= 15 is 0 Å². The first-order chi connectivity index (χ1) is 16.0. The molecular weight excluding hydrogens is 479 g/mol. The molecule has 5 nitrogen and oxygen atoms in total. The van der Waals surface area contributed by atoms with Crippen molar-refractivity contribution in [2.24, 2.45) is 0 Å². The molecule has 166 valence electrons. The van der Waals surface area contributed by atoms with Gasteiger partial charge in [-0.2, -0.15) is 0 Å². The summed E-state index contributed by atoms with van der Waals surface area (Å²) in [6, 6.07) is 18.5. The summed E-state index contributed by atoms with van der Waals surface area (Å²) in [6.45, 7) is 2.66. The second-order valence-electron chi connectivity index (χ2n) is 7.30. The summed E-state index contributed by atoms with van der Waals surface area (Å²) in [7, 11) is 0. The van der Waals surface area contributed by atoms with Gasteiger partial charge in [0.1, 0.15) is 6.61 Å². The molecule has 0 spiro atoms. The molecule has 5 rings (SSSR count). The Morgan fingerprint density at radius 3 is 2.70 bits per heavy atom. The fourth-order valence-electron chi connectivity index (χ4n) is 3.56. The maximum Gasteiger partial charge on any atom is 0.274 e. The fourth-order valence-corrected chi connectivity index (χ4v) is 5.01. The van der Waals surface area contributed by atoms with Gasteiger partial charge in [0.25, 0.3) is 5.56 Å². The number of thiazole rings is 1. The average molecular weight is 497 g/mol. The molecule has 2 aromatic heterocycles. The molecule has 0 aliphatic rings. The van der Waals surface area contributed by atoms with Gasteiger partial charge in [-0.1, -0.05) is 58.8 Å². The van der Waals surface area contributed by atoms with Gasteiger partial charge in [-0.05, 0) is 55.0 Å². The highest BCUT2D eigenvalue weighted by atomic mass is 35.5. The van der Waals surface area contributed by atoms with Crippen LogP contribution in [0.15, 0.2) is 65.5 Å². The van der Waals surface area contributed by atoms with E-state index in [1.807, 2.05) is 61.5 Å². The van der Waals surface area contributed by atoms with Gasteiger partial charge in [0.05, 0.1) is 22.2 Å². The second kappa shape index (κ2) is 9.06. The van der Waals surface area contributed by atoms with Crippen LogP contribution < -0.4 is 19.6 Å². The van der Waals surface area contributed by atoms with Gasteiger partial charge < -0.3 is 9.47 Å². The number of hydrogen-bond acceptors (Lipinski definition) is 5. The Kier molecular flexibility index (Phi) is 5.98. The minimum atomic E-state index is -0.0839. The summed E-state index contributed by atoms with van der Waals surface area (Å²) in [4.78, 5) is 18.3. The summed E-state index contributed by atoms with van der Waals surface area (Å²) in [5, 5.41) is 1.12. The van der Waals surface area contributed by atoms with Crippen molar-refractivity contribution in [2.75, 3.05) is 6.61 Å². The number of para-hydroxylation sites is 2. The molecule has 0 N–H and O–H groups in total. The van der Waals surface area contributed by atoms with E-state index in [9.17, 15) is 4.79 Å². The van der Waals surface area contributed by atoms with E-state index in [1.54, 1.807) is 16.5 Å². The summed E-state index contributed by atoms with van der Waals surface area (Å²) in [6.07, 6.45) is 1.85. The Morgan fingerprint density at radius 2 is 1.88 bits per heavy atom. The Balaban J connectivity index is 1.48. The number of rotatable bonds is 6. The Morgan fingerprint density at radius 1 is 1.03 bits per heavy atom. The maximum absolute atomic E-state index is 13.0. The van der Waals surface area contributed by atoms with Crippen molar-refractivity contribution >= 4 is 56.6 Å². The van der Waals surface area contributed by atoms with Gasteiger partial charge in [-0.25, -0.2) is 9.38 Å². The average Bonchev–Trinajstić information content (AvgIpc) is 3.30. The van der Waals surface area contributed by atoms with Gasteiger partial charge in [-0.3, -0.25) is 4.79 Å². The van der Waals surface area contributed by atoms with Gasteiger partial charge in [-0.15, -0.1) is 0 Å². The highest BCUT2D eigenvalue weighted by Crippen LogP contribution is 2.31. The maximum atomic E-state index is 13.0. The number of imidazole rings is 1. The monoisotopic (exact) mass is 496 g/mol. The van der Waals surface area contributed by atoms with E-state index in [0.29, 0.717) is 37.6 Å². The summed E-state index contributed by atoms with van der Waals surface area (Å²) >= 11 is 13.6. The molecular formula is C25H18Cl2N2O3S. The van der Waals surface area contributed by atoms with Crippen molar-refractivity contribution in [1.82, 2.24) is 9.38 Å². The standard InChI is InChI=1S/C25H18Cl2N2O3S/c1-2-31-22-11-15(7-10-21(22)32-14-16-8-9-17(26)13-18(16)27)12-23-24(30)29-20-6-4-3-5-19(20)28-25(29)33-23/h3-13H,2,14H2,1H3. The first-order valence-electron chi connectivity index (χ1n) is 10.3. The van der Waals surface area contributed by atoms with Crippen molar-refractivity contribution in [2.45, 2.75) is 13.5 Å². The topological polar surface area (TPSA) is 52.8 Å². The zero-order valence-electron chi connectivity index (χ0n) is 17.5. The van der Waals surface area contributed by atoms with Crippen LogP contribution in [0.1, 0.15) is 18.1 Å². The van der Waals surface area contributed by atoms with Crippen molar-refractivity contribution in [3.8, 4) is 11.5 Å². The Bertz CT molecular complexity index is 1590. The molecule has 0 saturated heterocycles. The van der Waals surface area contributed by atoms with Crippen LogP contribution in [0.25, 0.3) is 22.1 Å². The van der Waals surface area contributed by atoms with Crippen LogP contribution in [-0.2, 0) is 6.61 Å². The molecule has 0 aliphatic heterocycles. The second-order valence-corrected chi connectivity index (χ2v) is 9.15. The predicted octanol–water partition coefficient (Wildman–Crippen LogP) is 5.74.